The summed E-state index contributed by atoms with van der Waals surface area (Å²) in [5.74, 6) is 1.77. The van der Waals surface area contributed by atoms with Crippen molar-refractivity contribution in [3.05, 3.63) is 0 Å². The second-order valence-electron chi connectivity index (χ2n) is 7.20. The van der Waals surface area contributed by atoms with Gasteiger partial charge in [0.25, 0.3) is 0 Å². The topological polar surface area (TPSA) is 18.5 Å². The van der Waals surface area contributed by atoms with Crippen molar-refractivity contribution in [1.82, 2.24) is 15.3 Å². The maximum Gasteiger partial charge on any atom is 0.0296 e. The zero-order chi connectivity index (χ0) is 13.2. The lowest BCUT2D eigenvalue weighted by atomic mass is 9.73. The molecule has 19 heavy (non-hydrogen) atoms. The van der Waals surface area contributed by atoms with Gasteiger partial charge in [0.2, 0.25) is 0 Å². The van der Waals surface area contributed by atoms with Crippen molar-refractivity contribution >= 4 is 0 Å². The van der Waals surface area contributed by atoms with E-state index in [9.17, 15) is 0 Å². The Morgan fingerprint density at radius 3 is 2.11 bits per heavy atom. The first-order chi connectivity index (χ1) is 9.24. The minimum Gasteiger partial charge on any atom is -0.300 e. The third-order valence-electron chi connectivity index (χ3n) is 5.52. The molecule has 110 valence electrons. The lowest BCUT2D eigenvalue weighted by molar-refractivity contribution is -0.0121. The van der Waals surface area contributed by atoms with Crippen molar-refractivity contribution in [3.63, 3.8) is 0 Å². The average molecular weight is 265 g/mol. The van der Waals surface area contributed by atoms with Crippen LogP contribution in [-0.2, 0) is 0 Å². The largest absolute Gasteiger partial charge is 0.300 e. The van der Waals surface area contributed by atoms with Crippen LogP contribution < -0.4 is 5.43 Å². The molecule has 1 saturated carbocycles. The van der Waals surface area contributed by atoms with E-state index in [0.29, 0.717) is 0 Å². The molecule has 2 unspecified atom stereocenters. The number of likely N-dealkylation sites (tertiary alicyclic amines) is 1. The summed E-state index contributed by atoms with van der Waals surface area (Å²) >= 11 is 0. The van der Waals surface area contributed by atoms with Gasteiger partial charge >= 0.3 is 0 Å². The summed E-state index contributed by atoms with van der Waals surface area (Å²) in [4.78, 5) is 2.71. The number of hydrazine groups is 1. The molecule has 2 atom stereocenters. The molecule has 0 radical (unpaired) electrons. The van der Waals surface area contributed by atoms with Crippen LogP contribution in [0.15, 0.2) is 0 Å². The van der Waals surface area contributed by atoms with Crippen molar-refractivity contribution in [1.29, 1.82) is 0 Å². The standard InChI is InChI=1S/C16H31N3/c1-13(2)18-11-14-7-6-8-15(12-18)16(14)17-19-9-4-3-5-10-19/h13-17H,3-12H2,1-2H3. The molecule has 1 aliphatic carbocycles. The first kappa shape index (κ1) is 13.8. The van der Waals surface area contributed by atoms with Gasteiger partial charge in [-0.05, 0) is 51.4 Å². The Morgan fingerprint density at radius 2 is 1.53 bits per heavy atom. The molecular formula is C16H31N3. The monoisotopic (exact) mass is 265 g/mol. The molecule has 0 aromatic heterocycles. The van der Waals surface area contributed by atoms with Crippen LogP contribution in [0, 0.1) is 11.8 Å². The summed E-state index contributed by atoms with van der Waals surface area (Å²) in [5, 5.41) is 2.53. The quantitative estimate of drug-likeness (QED) is 0.846. The summed E-state index contributed by atoms with van der Waals surface area (Å²) < 4.78 is 0. The van der Waals surface area contributed by atoms with E-state index in [-0.39, 0.29) is 0 Å². The van der Waals surface area contributed by atoms with E-state index in [2.05, 4.69) is 29.2 Å². The molecule has 0 spiro atoms. The Kier molecular flexibility index (Phi) is 4.45. The van der Waals surface area contributed by atoms with Gasteiger partial charge in [-0.1, -0.05) is 12.8 Å². The third kappa shape index (κ3) is 3.14. The number of hydrogen-bond acceptors (Lipinski definition) is 3. The normalized spacial score (nSPS) is 37.7. The highest BCUT2D eigenvalue weighted by Gasteiger charge is 2.40. The van der Waals surface area contributed by atoms with Crippen LogP contribution >= 0.6 is 0 Å². The summed E-state index contributed by atoms with van der Waals surface area (Å²) in [7, 11) is 0. The molecule has 3 rings (SSSR count). The second-order valence-corrected chi connectivity index (χ2v) is 7.20. The molecule has 0 aromatic carbocycles. The molecule has 2 saturated heterocycles. The van der Waals surface area contributed by atoms with Gasteiger partial charge in [0.15, 0.2) is 0 Å². The van der Waals surface area contributed by atoms with Crippen LogP contribution in [0.4, 0.5) is 0 Å². The zero-order valence-electron chi connectivity index (χ0n) is 12.8. The van der Waals surface area contributed by atoms with Gasteiger partial charge in [0.1, 0.15) is 0 Å². The highest BCUT2D eigenvalue weighted by atomic mass is 15.5. The Balaban J connectivity index is 1.61. The summed E-state index contributed by atoms with van der Waals surface area (Å²) in [5.41, 5.74) is 3.93. The molecule has 3 fully saturated rings. The molecule has 3 aliphatic rings. The maximum absolute atomic E-state index is 3.93. The highest BCUT2D eigenvalue weighted by molar-refractivity contribution is 4.95. The second kappa shape index (κ2) is 6.11. The van der Waals surface area contributed by atoms with Gasteiger partial charge in [0.05, 0.1) is 0 Å². The van der Waals surface area contributed by atoms with Gasteiger partial charge in [-0.25, -0.2) is 5.01 Å². The van der Waals surface area contributed by atoms with E-state index in [4.69, 9.17) is 0 Å². The Morgan fingerprint density at radius 1 is 0.895 bits per heavy atom. The predicted molar refractivity (Wildman–Crippen MR) is 79.9 cm³/mol. The first-order valence-corrected chi connectivity index (χ1v) is 8.49. The number of nitrogens with one attached hydrogen (secondary N) is 1. The third-order valence-corrected chi connectivity index (χ3v) is 5.52. The summed E-state index contributed by atoms with van der Waals surface area (Å²) in [6.07, 6.45) is 8.52. The van der Waals surface area contributed by atoms with Crippen LogP contribution in [0.25, 0.3) is 0 Å². The van der Waals surface area contributed by atoms with Crippen molar-refractivity contribution in [2.45, 2.75) is 64.5 Å². The Bertz CT molecular complexity index is 272. The van der Waals surface area contributed by atoms with Crippen molar-refractivity contribution in [3.8, 4) is 0 Å². The van der Waals surface area contributed by atoms with Crippen LogP contribution in [0.2, 0.25) is 0 Å². The van der Waals surface area contributed by atoms with Crippen molar-refractivity contribution in [2.24, 2.45) is 11.8 Å². The van der Waals surface area contributed by atoms with Crippen LogP contribution in [0.5, 0.6) is 0 Å². The number of nitrogens with zero attached hydrogens (tertiary/aromatic N) is 2. The number of rotatable bonds is 3. The van der Waals surface area contributed by atoms with Crippen LogP contribution in [-0.4, -0.2) is 48.2 Å². The Labute approximate surface area is 118 Å². The van der Waals surface area contributed by atoms with Crippen LogP contribution in [0.1, 0.15) is 52.4 Å². The minimum atomic E-state index is 0.721. The molecule has 0 aromatic rings. The molecular weight excluding hydrogens is 234 g/mol. The Hall–Kier alpha value is -0.120. The van der Waals surface area contributed by atoms with E-state index < -0.39 is 0 Å². The number of piperidine rings is 2. The SMILES string of the molecule is CC(C)N1CC2CCCC(C1)C2NN1CCCCC1. The number of hydrogen-bond donors (Lipinski definition) is 1. The molecule has 3 nitrogen and oxygen atoms in total. The molecule has 2 heterocycles. The van der Waals surface area contributed by atoms with E-state index in [1.54, 1.807) is 0 Å². The molecule has 2 aliphatic heterocycles. The van der Waals surface area contributed by atoms with Gasteiger partial charge < -0.3 is 4.90 Å². The van der Waals surface area contributed by atoms with Gasteiger partial charge in [-0.3, -0.25) is 5.43 Å². The van der Waals surface area contributed by atoms with Crippen molar-refractivity contribution in [2.75, 3.05) is 26.2 Å². The fourth-order valence-corrected chi connectivity index (χ4v) is 4.34. The fraction of sp³-hybridized carbons (Fsp3) is 1.00. The molecule has 3 heteroatoms. The lowest BCUT2D eigenvalue weighted by Gasteiger charge is -2.50. The maximum atomic E-state index is 3.93. The van der Waals surface area contributed by atoms with Crippen LogP contribution in [0.3, 0.4) is 0 Å². The highest BCUT2D eigenvalue weighted by Crippen LogP contribution is 2.36. The molecule has 2 bridgehead atoms. The number of fused-ring (bicyclic) bond motifs is 2. The van der Waals surface area contributed by atoms with E-state index in [0.717, 1.165) is 23.9 Å². The first-order valence-electron chi connectivity index (χ1n) is 8.49. The van der Waals surface area contributed by atoms with Gasteiger partial charge in [-0.2, -0.15) is 0 Å². The minimum absolute atomic E-state index is 0.721. The van der Waals surface area contributed by atoms with E-state index in [1.165, 1.54) is 64.7 Å². The van der Waals surface area contributed by atoms with Gasteiger partial charge in [-0.15, -0.1) is 0 Å². The smallest absolute Gasteiger partial charge is 0.0296 e. The predicted octanol–water partition coefficient (Wildman–Crippen LogP) is 2.49. The van der Waals surface area contributed by atoms with E-state index in [1.807, 2.05) is 0 Å². The molecule has 0 amide bonds. The molecule has 1 N–H and O–H groups in total. The van der Waals surface area contributed by atoms with Crippen molar-refractivity contribution < 1.29 is 0 Å². The summed E-state index contributed by atoms with van der Waals surface area (Å²) in [6, 6.07) is 1.49. The zero-order valence-corrected chi connectivity index (χ0v) is 12.8. The lowest BCUT2D eigenvalue weighted by Crippen LogP contribution is -2.62. The fourth-order valence-electron chi connectivity index (χ4n) is 4.34. The average Bonchev–Trinajstić information content (AvgIpc) is 2.39. The van der Waals surface area contributed by atoms with Gasteiger partial charge in [0, 0.05) is 38.3 Å². The summed E-state index contributed by atoms with van der Waals surface area (Å²) in [6.45, 7) is 9.88. The van der Waals surface area contributed by atoms with E-state index >= 15 is 0 Å².